The van der Waals surface area contributed by atoms with Crippen molar-refractivity contribution in [1.82, 2.24) is 14.5 Å². The van der Waals surface area contributed by atoms with Crippen molar-refractivity contribution in [2.45, 2.75) is 32.6 Å². The van der Waals surface area contributed by atoms with Gasteiger partial charge in [-0.25, -0.2) is 12.7 Å². The molecule has 1 atom stereocenters. The highest BCUT2D eigenvalue weighted by atomic mass is 32.2. The molecule has 7 heteroatoms. The number of likely N-dealkylation sites (tertiary alicyclic amines) is 1. The maximum Gasteiger partial charge on any atom is 0.223 e. The van der Waals surface area contributed by atoms with Crippen LogP contribution in [0.15, 0.2) is 0 Å². The zero-order valence-electron chi connectivity index (χ0n) is 13.8. The number of sulfonamides is 1. The van der Waals surface area contributed by atoms with E-state index in [2.05, 4.69) is 17.1 Å². The molecule has 22 heavy (non-hydrogen) atoms. The van der Waals surface area contributed by atoms with Crippen LogP contribution in [0, 0.1) is 11.8 Å². The molecular weight excluding hydrogens is 302 g/mol. The SMILES string of the molecule is C[C@H]1CCCN(CCNC(=O)C2CCN(S(C)(=O)=O)CC2)C1. The van der Waals surface area contributed by atoms with Crippen LogP contribution in [-0.2, 0) is 14.8 Å². The molecule has 2 rings (SSSR count). The summed E-state index contributed by atoms with van der Waals surface area (Å²) in [5.41, 5.74) is 0. The molecule has 6 nitrogen and oxygen atoms in total. The molecule has 0 aromatic rings. The van der Waals surface area contributed by atoms with Gasteiger partial charge in [-0.1, -0.05) is 6.92 Å². The smallest absolute Gasteiger partial charge is 0.223 e. The molecule has 0 spiro atoms. The van der Waals surface area contributed by atoms with E-state index in [-0.39, 0.29) is 11.8 Å². The number of carbonyl (C=O) groups excluding carboxylic acids is 1. The number of piperidine rings is 2. The zero-order chi connectivity index (χ0) is 16.2. The van der Waals surface area contributed by atoms with Crippen LogP contribution in [0.1, 0.15) is 32.6 Å². The minimum absolute atomic E-state index is 0.0433. The molecule has 128 valence electrons. The second kappa shape index (κ2) is 7.75. The van der Waals surface area contributed by atoms with Gasteiger partial charge >= 0.3 is 0 Å². The number of carbonyl (C=O) groups is 1. The van der Waals surface area contributed by atoms with Crippen LogP contribution in [-0.4, -0.2) is 69.1 Å². The standard InChI is InChI=1S/C15H29N3O3S/c1-13-4-3-8-17(12-13)11-7-16-15(19)14-5-9-18(10-6-14)22(2,20)21/h13-14H,3-12H2,1-2H3,(H,16,19)/t13-/m0/s1. The maximum absolute atomic E-state index is 12.2. The van der Waals surface area contributed by atoms with Crippen molar-refractivity contribution in [2.24, 2.45) is 11.8 Å². The van der Waals surface area contributed by atoms with Gasteiger partial charge in [0.25, 0.3) is 0 Å². The van der Waals surface area contributed by atoms with Crippen LogP contribution >= 0.6 is 0 Å². The van der Waals surface area contributed by atoms with Crippen LogP contribution in [0.2, 0.25) is 0 Å². The van der Waals surface area contributed by atoms with Gasteiger partial charge in [-0.15, -0.1) is 0 Å². The number of amides is 1. The van der Waals surface area contributed by atoms with Gasteiger partial charge in [0.15, 0.2) is 0 Å². The first kappa shape index (κ1) is 17.7. The van der Waals surface area contributed by atoms with Crippen molar-refractivity contribution in [1.29, 1.82) is 0 Å². The van der Waals surface area contributed by atoms with Crippen LogP contribution < -0.4 is 5.32 Å². The highest BCUT2D eigenvalue weighted by molar-refractivity contribution is 7.88. The number of rotatable bonds is 5. The lowest BCUT2D eigenvalue weighted by atomic mass is 9.97. The Labute approximate surface area is 134 Å². The van der Waals surface area contributed by atoms with Gasteiger partial charge in [-0.05, 0) is 38.1 Å². The largest absolute Gasteiger partial charge is 0.355 e. The van der Waals surface area contributed by atoms with Gasteiger partial charge in [-0.3, -0.25) is 4.79 Å². The van der Waals surface area contributed by atoms with E-state index in [9.17, 15) is 13.2 Å². The molecule has 0 aromatic carbocycles. The molecule has 2 aliphatic heterocycles. The van der Waals surface area contributed by atoms with Gasteiger partial charge in [0.2, 0.25) is 15.9 Å². The summed E-state index contributed by atoms with van der Waals surface area (Å²) in [5.74, 6) is 0.793. The summed E-state index contributed by atoms with van der Waals surface area (Å²) < 4.78 is 24.4. The van der Waals surface area contributed by atoms with E-state index in [0.29, 0.717) is 32.5 Å². The van der Waals surface area contributed by atoms with Gasteiger partial charge < -0.3 is 10.2 Å². The van der Waals surface area contributed by atoms with E-state index >= 15 is 0 Å². The van der Waals surface area contributed by atoms with Gasteiger partial charge in [0, 0.05) is 38.6 Å². The monoisotopic (exact) mass is 331 g/mol. The fourth-order valence-corrected chi connectivity index (χ4v) is 4.30. The summed E-state index contributed by atoms with van der Waals surface area (Å²) in [6.07, 6.45) is 5.03. The molecule has 0 unspecified atom stereocenters. The van der Waals surface area contributed by atoms with Crippen LogP contribution in [0.5, 0.6) is 0 Å². The van der Waals surface area contributed by atoms with Crippen LogP contribution in [0.4, 0.5) is 0 Å². The maximum atomic E-state index is 12.2. The fraction of sp³-hybridized carbons (Fsp3) is 0.933. The number of hydrogen-bond donors (Lipinski definition) is 1. The predicted octanol–water partition coefficient (Wildman–Crippen LogP) is 0.506. The Hall–Kier alpha value is -0.660. The van der Waals surface area contributed by atoms with E-state index in [4.69, 9.17) is 0 Å². The lowest BCUT2D eigenvalue weighted by molar-refractivity contribution is -0.126. The molecule has 0 aromatic heterocycles. The molecule has 0 radical (unpaired) electrons. The first-order chi connectivity index (χ1) is 10.4. The van der Waals surface area contributed by atoms with Crippen molar-refractivity contribution in [3.63, 3.8) is 0 Å². The van der Waals surface area contributed by atoms with Gasteiger partial charge in [-0.2, -0.15) is 0 Å². The number of nitrogens with zero attached hydrogens (tertiary/aromatic N) is 2. The lowest BCUT2D eigenvalue weighted by Crippen LogP contribution is -2.45. The molecule has 2 fully saturated rings. The Balaban J connectivity index is 1.66. The van der Waals surface area contributed by atoms with Crippen LogP contribution in [0.25, 0.3) is 0 Å². The summed E-state index contributed by atoms with van der Waals surface area (Å²) in [6.45, 7) is 7.06. The molecule has 0 aliphatic carbocycles. The lowest BCUT2D eigenvalue weighted by Gasteiger charge is -2.31. The Morgan fingerprint density at radius 2 is 1.86 bits per heavy atom. The Bertz CT molecular complexity index is 472. The summed E-state index contributed by atoms with van der Waals surface area (Å²) >= 11 is 0. The van der Waals surface area contributed by atoms with Crippen molar-refractivity contribution in [3.05, 3.63) is 0 Å². The molecule has 0 saturated carbocycles. The third-order valence-electron chi connectivity index (χ3n) is 4.76. The van der Waals surface area contributed by atoms with Crippen molar-refractivity contribution < 1.29 is 13.2 Å². The molecule has 1 N–H and O–H groups in total. The molecular formula is C15H29N3O3S. The van der Waals surface area contributed by atoms with Crippen molar-refractivity contribution in [2.75, 3.05) is 45.5 Å². The van der Waals surface area contributed by atoms with Gasteiger partial charge in [0.1, 0.15) is 0 Å². The summed E-state index contributed by atoms with van der Waals surface area (Å²) in [5, 5.41) is 3.02. The summed E-state index contributed by atoms with van der Waals surface area (Å²) in [7, 11) is -3.12. The zero-order valence-corrected chi connectivity index (χ0v) is 14.6. The highest BCUT2D eigenvalue weighted by Gasteiger charge is 2.28. The van der Waals surface area contributed by atoms with Crippen molar-refractivity contribution in [3.8, 4) is 0 Å². The number of hydrogen-bond acceptors (Lipinski definition) is 4. The summed E-state index contributed by atoms with van der Waals surface area (Å²) in [4.78, 5) is 14.6. The van der Waals surface area contributed by atoms with E-state index < -0.39 is 10.0 Å². The highest BCUT2D eigenvalue weighted by Crippen LogP contribution is 2.19. The molecule has 0 bridgehead atoms. The average molecular weight is 331 g/mol. The Kier molecular flexibility index (Phi) is 6.23. The molecule has 2 saturated heterocycles. The van der Waals surface area contributed by atoms with Gasteiger partial charge in [0.05, 0.1) is 6.26 Å². The van der Waals surface area contributed by atoms with E-state index in [1.165, 1.54) is 23.4 Å². The minimum atomic E-state index is -3.12. The topological polar surface area (TPSA) is 69.7 Å². The van der Waals surface area contributed by atoms with E-state index in [0.717, 1.165) is 25.6 Å². The molecule has 1 amide bonds. The fourth-order valence-electron chi connectivity index (χ4n) is 3.42. The third kappa shape index (κ3) is 5.21. The third-order valence-corrected chi connectivity index (χ3v) is 6.07. The second-order valence-electron chi connectivity index (χ2n) is 6.78. The second-order valence-corrected chi connectivity index (χ2v) is 8.76. The predicted molar refractivity (Wildman–Crippen MR) is 87.0 cm³/mol. The quantitative estimate of drug-likeness (QED) is 0.797. The minimum Gasteiger partial charge on any atom is -0.355 e. The van der Waals surface area contributed by atoms with Crippen molar-refractivity contribution >= 4 is 15.9 Å². The first-order valence-electron chi connectivity index (χ1n) is 8.31. The number of nitrogens with one attached hydrogen (secondary N) is 1. The van der Waals surface area contributed by atoms with E-state index in [1.807, 2.05) is 0 Å². The first-order valence-corrected chi connectivity index (χ1v) is 10.2. The van der Waals surface area contributed by atoms with Crippen LogP contribution in [0.3, 0.4) is 0 Å². The molecule has 2 heterocycles. The average Bonchev–Trinajstić information content (AvgIpc) is 2.46. The summed E-state index contributed by atoms with van der Waals surface area (Å²) in [6, 6.07) is 0. The Morgan fingerprint density at radius 1 is 1.18 bits per heavy atom. The normalized spacial score (nSPS) is 26.0. The molecule has 2 aliphatic rings. The Morgan fingerprint density at radius 3 is 2.45 bits per heavy atom. The van der Waals surface area contributed by atoms with E-state index in [1.54, 1.807) is 0 Å².